The van der Waals surface area contributed by atoms with Gasteiger partial charge in [0, 0.05) is 23.7 Å². The highest BCUT2D eigenvalue weighted by molar-refractivity contribution is 7.09. The Morgan fingerprint density at radius 2 is 2.19 bits per heavy atom. The molecule has 3 aromatic heterocycles. The third kappa shape index (κ3) is 2.52. The molecular formula is C15H16N4OS. The van der Waals surface area contributed by atoms with Gasteiger partial charge >= 0.3 is 5.69 Å². The molecule has 0 saturated heterocycles. The van der Waals surface area contributed by atoms with Crippen LogP contribution in [0.4, 0.5) is 0 Å². The van der Waals surface area contributed by atoms with Gasteiger partial charge in [-0.05, 0) is 36.4 Å². The zero-order chi connectivity index (χ0) is 14.2. The molecule has 0 aromatic carbocycles. The van der Waals surface area contributed by atoms with E-state index in [0.29, 0.717) is 18.4 Å². The summed E-state index contributed by atoms with van der Waals surface area (Å²) in [6.45, 7) is 1.45. The van der Waals surface area contributed by atoms with Crippen molar-refractivity contribution in [3.63, 3.8) is 0 Å². The number of rotatable bonds is 5. The highest BCUT2D eigenvalue weighted by Gasteiger charge is 2.30. The van der Waals surface area contributed by atoms with Gasteiger partial charge < -0.3 is 0 Å². The van der Waals surface area contributed by atoms with E-state index in [2.05, 4.69) is 27.5 Å². The number of thiophene rings is 1. The van der Waals surface area contributed by atoms with Crippen molar-refractivity contribution in [2.24, 2.45) is 0 Å². The number of hydrogen-bond acceptors (Lipinski definition) is 4. The Balaban J connectivity index is 1.62. The fourth-order valence-electron chi connectivity index (χ4n) is 2.57. The van der Waals surface area contributed by atoms with Gasteiger partial charge in [-0.2, -0.15) is 4.68 Å². The van der Waals surface area contributed by atoms with Crippen LogP contribution >= 0.6 is 11.3 Å². The minimum absolute atomic E-state index is 0.0672. The Morgan fingerprint density at radius 3 is 2.90 bits per heavy atom. The predicted molar refractivity (Wildman–Crippen MR) is 82.3 cm³/mol. The van der Waals surface area contributed by atoms with Crippen LogP contribution in [0, 0.1) is 0 Å². The minimum atomic E-state index is -0.0672. The maximum atomic E-state index is 12.3. The summed E-state index contributed by atoms with van der Waals surface area (Å²) in [5.41, 5.74) is 0.636. The Kier molecular flexibility index (Phi) is 3.12. The average molecular weight is 300 g/mol. The molecule has 1 aliphatic carbocycles. The second-order valence-corrected chi connectivity index (χ2v) is 6.44. The SMILES string of the molecule is O=c1n(CN(Cc2cccs2)C2CC2)nc2ccccn12. The molecule has 3 heterocycles. The molecule has 4 rings (SSSR count). The van der Waals surface area contributed by atoms with Crippen LogP contribution in [-0.4, -0.2) is 25.1 Å². The van der Waals surface area contributed by atoms with Crippen LogP contribution in [0.2, 0.25) is 0 Å². The van der Waals surface area contributed by atoms with Crippen molar-refractivity contribution in [1.29, 1.82) is 0 Å². The first-order chi connectivity index (χ1) is 10.3. The predicted octanol–water partition coefficient (Wildman–Crippen LogP) is 2.18. The van der Waals surface area contributed by atoms with E-state index in [4.69, 9.17) is 0 Å². The van der Waals surface area contributed by atoms with E-state index in [1.54, 1.807) is 26.6 Å². The molecule has 108 valence electrons. The Hall–Kier alpha value is -1.92. The van der Waals surface area contributed by atoms with E-state index in [1.807, 2.05) is 18.2 Å². The van der Waals surface area contributed by atoms with E-state index < -0.39 is 0 Å². The largest absolute Gasteiger partial charge is 0.351 e. The fraction of sp³-hybridized carbons (Fsp3) is 0.333. The fourth-order valence-corrected chi connectivity index (χ4v) is 3.30. The van der Waals surface area contributed by atoms with Gasteiger partial charge in [0.15, 0.2) is 5.65 Å². The summed E-state index contributed by atoms with van der Waals surface area (Å²) in [5, 5.41) is 6.52. The summed E-state index contributed by atoms with van der Waals surface area (Å²) in [5.74, 6) is 0. The van der Waals surface area contributed by atoms with E-state index >= 15 is 0 Å². The van der Waals surface area contributed by atoms with Crippen molar-refractivity contribution in [2.75, 3.05) is 0 Å². The van der Waals surface area contributed by atoms with Crippen molar-refractivity contribution in [2.45, 2.75) is 32.1 Å². The summed E-state index contributed by atoms with van der Waals surface area (Å²) in [4.78, 5) is 16.0. The monoisotopic (exact) mass is 300 g/mol. The van der Waals surface area contributed by atoms with Crippen LogP contribution < -0.4 is 5.69 Å². The average Bonchev–Trinajstić information content (AvgIpc) is 3.14. The number of aromatic nitrogens is 3. The van der Waals surface area contributed by atoms with Gasteiger partial charge in [-0.15, -0.1) is 16.4 Å². The molecule has 0 aliphatic heterocycles. The Morgan fingerprint density at radius 1 is 1.29 bits per heavy atom. The lowest BCUT2D eigenvalue weighted by Gasteiger charge is -2.20. The second-order valence-electron chi connectivity index (χ2n) is 5.41. The molecular weight excluding hydrogens is 284 g/mol. The number of hydrogen-bond donors (Lipinski definition) is 0. The quantitative estimate of drug-likeness (QED) is 0.725. The standard InChI is InChI=1S/C15H16N4OS/c20-15-18-8-2-1-5-14(18)16-19(15)11-17(12-6-7-12)10-13-4-3-9-21-13/h1-5,8-9,12H,6-7,10-11H2. The van der Waals surface area contributed by atoms with E-state index in [9.17, 15) is 4.79 Å². The summed E-state index contributed by atoms with van der Waals surface area (Å²) in [7, 11) is 0. The lowest BCUT2D eigenvalue weighted by Crippen LogP contribution is -2.33. The first-order valence-corrected chi connectivity index (χ1v) is 8.00. The molecule has 5 nitrogen and oxygen atoms in total. The maximum Gasteiger partial charge on any atom is 0.351 e. The normalized spacial score (nSPS) is 15.1. The van der Waals surface area contributed by atoms with Crippen LogP contribution in [0.15, 0.2) is 46.7 Å². The van der Waals surface area contributed by atoms with Gasteiger partial charge in [0.25, 0.3) is 0 Å². The third-order valence-corrected chi connectivity index (χ3v) is 4.67. The highest BCUT2D eigenvalue weighted by atomic mass is 32.1. The van der Waals surface area contributed by atoms with E-state index in [0.717, 1.165) is 6.54 Å². The van der Waals surface area contributed by atoms with Crippen LogP contribution in [0.1, 0.15) is 17.7 Å². The number of nitrogens with zero attached hydrogens (tertiary/aromatic N) is 4. The highest BCUT2D eigenvalue weighted by Crippen LogP contribution is 2.29. The molecule has 0 amide bonds. The zero-order valence-corrected chi connectivity index (χ0v) is 12.4. The third-order valence-electron chi connectivity index (χ3n) is 3.81. The lowest BCUT2D eigenvalue weighted by molar-refractivity contribution is 0.187. The Bertz CT molecular complexity index is 801. The first-order valence-electron chi connectivity index (χ1n) is 7.12. The van der Waals surface area contributed by atoms with Crippen LogP contribution in [0.25, 0.3) is 5.65 Å². The topological polar surface area (TPSA) is 42.5 Å². The van der Waals surface area contributed by atoms with Gasteiger partial charge in [0.05, 0.1) is 6.67 Å². The van der Waals surface area contributed by atoms with Crippen LogP contribution in [0.3, 0.4) is 0 Å². The maximum absolute atomic E-state index is 12.3. The van der Waals surface area contributed by atoms with Crippen molar-refractivity contribution >= 4 is 17.0 Å². The minimum Gasteiger partial charge on any atom is -0.276 e. The van der Waals surface area contributed by atoms with Gasteiger partial charge in [-0.1, -0.05) is 12.1 Å². The summed E-state index contributed by atoms with van der Waals surface area (Å²) < 4.78 is 3.16. The van der Waals surface area contributed by atoms with Gasteiger partial charge in [0.2, 0.25) is 0 Å². The van der Waals surface area contributed by atoms with Crippen LogP contribution in [0.5, 0.6) is 0 Å². The summed E-state index contributed by atoms with van der Waals surface area (Å²) in [6.07, 6.45) is 4.20. The molecule has 0 N–H and O–H groups in total. The van der Waals surface area contributed by atoms with Crippen LogP contribution in [-0.2, 0) is 13.2 Å². The van der Waals surface area contributed by atoms with Crippen molar-refractivity contribution in [3.05, 3.63) is 57.3 Å². The molecule has 1 fully saturated rings. The zero-order valence-electron chi connectivity index (χ0n) is 11.6. The number of fused-ring (bicyclic) bond motifs is 1. The van der Waals surface area contributed by atoms with Gasteiger partial charge in [0.1, 0.15) is 0 Å². The molecule has 0 unspecified atom stereocenters. The van der Waals surface area contributed by atoms with E-state index in [-0.39, 0.29) is 5.69 Å². The first kappa shape index (κ1) is 12.8. The second kappa shape index (κ2) is 5.13. The Labute approximate surface area is 126 Å². The summed E-state index contributed by atoms with van der Waals surface area (Å²) in [6, 6.07) is 10.4. The molecule has 6 heteroatoms. The summed E-state index contributed by atoms with van der Waals surface area (Å²) >= 11 is 1.76. The van der Waals surface area contributed by atoms with Gasteiger partial charge in [-0.25, -0.2) is 4.79 Å². The van der Waals surface area contributed by atoms with Crippen molar-refractivity contribution < 1.29 is 0 Å². The lowest BCUT2D eigenvalue weighted by atomic mass is 10.4. The molecule has 0 atom stereocenters. The molecule has 0 radical (unpaired) electrons. The van der Waals surface area contributed by atoms with Crippen molar-refractivity contribution in [3.8, 4) is 0 Å². The smallest absolute Gasteiger partial charge is 0.276 e. The molecule has 3 aromatic rings. The molecule has 0 bridgehead atoms. The van der Waals surface area contributed by atoms with E-state index in [1.165, 1.54) is 17.7 Å². The van der Waals surface area contributed by atoms with Gasteiger partial charge in [-0.3, -0.25) is 9.30 Å². The molecule has 21 heavy (non-hydrogen) atoms. The van der Waals surface area contributed by atoms with Crippen molar-refractivity contribution in [1.82, 2.24) is 19.1 Å². The molecule has 0 spiro atoms. The molecule has 1 saturated carbocycles. The number of pyridine rings is 1. The molecule has 1 aliphatic rings.